The number of rotatable bonds is 15. The second kappa shape index (κ2) is 26.5. The minimum atomic E-state index is -0.387. The van der Waals surface area contributed by atoms with E-state index in [2.05, 4.69) is 61.8 Å². The van der Waals surface area contributed by atoms with Crippen molar-refractivity contribution in [3.05, 3.63) is 177 Å². The van der Waals surface area contributed by atoms with Gasteiger partial charge in [-0.1, -0.05) is 88.9 Å². The van der Waals surface area contributed by atoms with Crippen LogP contribution in [-0.2, 0) is 19.6 Å². The van der Waals surface area contributed by atoms with Crippen molar-refractivity contribution in [3.63, 3.8) is 0 Å². The van der Waals surface area contributed by atoms with Crippen molar-refractivity contribution in [2.24, 2.45) is 0 Å². The molecule has 0 radical (unpaired) electrons. The summed E-state index contributed by atoms with van der Waals surface area (Å²) < 4.78 is 23.3. The van der Waals surface area contributed by atoms with Crippen molar-refractivity contribution in [1.82, 2.24) is 43.4 Å². The maximum atomic E-state index is 12.9. The molecular weight excluding hydrogens is 1210 g/mol. The number of furan rings is 3. The van der Waals surface area contributed by atoms with Gasteiger partial charge < -0.3 is 41.7 Å². The largest absolute Gasteiger partial charge is 0.451 e. The lowest BCUT2D eigenvalue weighted by Crippen LogP contribution is -2.26. The maximum absolute atomic E-state index is 12.9. The van der Waals surface area contributed by atoms with Crippen molar-refractivity contribution in [1.29, 1.82) is 0 Å². The van der Waals surface area contributed by atoms with Gasteiger partial charge in [0.25, 0.3) is 17.7 Å². The molecule has 456 valence electrons. The summed E-state index contributed by atoms with van der Waals surface area (Å²) >= 11 is 24.5. The summed E-state index contributed by atoms with van der Waals surface area (Å²) in [7, 11) is 2.18. The second-order valence-electron chi connectivity index (χ2n) is 22.8. The highest BCUT2D eigenvalue weighted by molar-refractivity contribution is 6.42. The molecule has 3 fully saturated rings. The number of para-hydroxylation sites is 5. The van der Waals surface area contributed by atoms with Crippen LogP contribution in [0.4, 0.5) is 17.8 Å². The number of likely N-dealkylation sites (tertiary alicyclic amines) is 3. The first-order chi connectivity index (χ1) is 43.3. The van der Waals surface area contributed by atoms with Crippen LogP contribution in [0.5, 0.6) is 0 Å². The summed E-state index contributed by atoms with van der Waals surface area (Å²) in [6.45, 7) is 9.67. The first-order valence-electron chi connectivity index (χ1n) is 30.1. The molecular formula is C67H64Cl4N12O6. The predicted octanol–water partition coefficient (Wildman–Crippen LogP) is 15.4. The number of nitrogens with one attached hydrogen (secondary N) is 3. The van der Waals surface area contributed by atoms with Gasteiger partial charge in [0.15, 0.2) is 17.3 Å². The van der Waals surface area contributed by atoms with E-state index < -0.39 is 0 Å². The number of anilines is 3. The molecule has 3 aliphatic rings. The molecule has 1 atom stereocenters. The average molecular weight is 1280 g/mol. The molecule has 18 nitrogen and oxygen atoms in total. The Bertz CT molecular complexity index is 4540. The number of hydrogen-bond acceptors (Lipinski definition) is 12. The van der Waals surface area contributed by atoms with Gasteiger partial charge in [-0.2, -0.15) is 0 Å². The number of halogens is 4. The van der Waals surface area contributed by atoms with Gasteiger partial charge in [0.2, 0.25) is 17.8 Å². The van der Waals surface area contributed by atoms with Gasteiger partial charge in [-0.3, -0.25) is 30.3 Å². The van der Waals surface area contributed by atoms with E-state index in [0.717, 1.165) is 109 Å². The monoisotopic (exact) mass is 1270 g/mol. The number of amides is 3. The lowest BCUT2D eigenvalue weighted by atomic mass is 10.1. The Hall–Kier alpha value is -8.20. The van der Waals surface area contributed by atoms with Gasteiger partial charge in [-0.05, 0) is 182 Å². The lowest BCUT2D eigenvalue weighted by molar-refractivity contribution is 0.0990. The molecule has 3 amide bonds. The normalized spacial score (nSPS) is 15.6. The second-order valence-corrected chi connectivity index (χ2v) is 24.4. The van der Waals surface area contributed by atoms with E-state index in [1.54, 1.807) is 66.7 Å². The van der Waals surface area contributed by atoms with Crippen molar-refractivity contribution in [2.45, 2.75) is 70.6 Å². The molecule has 0 aliphatic carbocycles. The predicted molar refractivity (Wildman–Crippen MR) is 353 cm³/mol. The van der Waals surface area contributed by atoms with Crippen LogP contribution < -0.4 is 16.0 Å². The van der Waals surface area contributed by atoms with Crippen LogP contribution in [0.1, 0.15) is 76.6 Å². The Balaban J connectivity index is 0.000000123. The maximum Gasteiger partial charge on any atom is 0.293 e. The molecule has 9 heterocycles. The number of hydrogen-bond donors (Lipinski definition) is 3. The third-order valence-corrected chi connectivity index (χ3v) is 18.1. The number of carbonyl (C=O) groups is 3. The van der Waals surface area contributed by atoms with Crippen LogP contribution in [-0.4, -0.2) is 120 Å². The Morgan fingerprint density at radius 2 is 0.888 bits per heavy atom. The number of benzene rings is 6. The van der Waals surface area contributed by atoms with E-state index in [-0.39, 0.29) is 29.2 Å². The minimum Gasteiger partial charge on any atom is -0.451 e. The van der Waals surface area contributed by atoms with E-state index in [1.165, 1.54) is 38.5 Å². The minimum absolute atomic E-state index is 0.187. The van der Waals surface area contributed by atoms with Crippen LogP contribution >= 0.6 is 46.4 Å². The highest BCUT2D eigenvalue weighted by atomic mass is 35.5. The van der Waals surface area contributed by atoms with Crippen molar-refractivity contribution in [2.75, 3.05) is 68.8 Å². The zero-order valence-corrected chi connectivity index (χ0v) is 51.9. The summed E-state index contributed by atoms with van der Waals surface area (Å²) in [4.78, 5) is 59.8. The molecule has 6 aromatic carbocycles. The van der Waals surface area contributed by atoms with Crippen molar-refractivity contribution < 1.29 is 27.6 Å². The van der Waals surface area contributed by atoms with E-state index in [4.69, 9.17) is 59.7 Å². The standard InChI is InChI=1S/C23H23ClN4O2.C22H19Cl3N4O2.C22H22N4O2/c1-27-11-4-5-17(27)10-12-28-19-7-3-2-6-18(19)25-23(28)26-22(29)21-14-15-13-16(24)8-9-20(15)30-21;23-14-3-4-19-13(9-14)10-20(31-19)21(30)27-22-26-17-11-15(24)16(25)12-18(17)29(22)8-7-28-5-1-2-6-28;27-21(20-15-16-7-1-4-10-19(16)28-20)24-22-23-17-8-2-3-9-18(17)26(22)14-13-25-11-5-6-12-25/h2-3,6-9,13-14,17H,4-5,10-12H2,1H3,(H,25,26,29);3-4,9-12H,1-2,5-8H2,(H,26,27,30);1-4,7-10,15H,5-6,11-14H2,(H,23,24,27). The fourth-order valence-corrected chi connectivity index (χ4v) is 12.9. The molecule has 0 bridgehead atoms. The molecule has 0 saturated carbocycles. The Morgan fingerprint density at radius 1 is 0.449 bits per heavy atom. The molecule has 3 saturated heterocycles. The third kappa shape index (κ3) is 13.4. The van der Waals surface area contributed by atoms with Crippen LogP contribution in [0, 0.1) is 0 Å². The summed E-state index contributed by atoms with van der Waals surface area (Å²) in [5.41, 5.74) is 7.20. The first-order valence-corrected chi connectivity index (χ1v) is 31.6. The Labute approximate surface area is 532 Å². The van der Waals surface area contributed by atoms with Crippen LogP contribution in [0.25, 0.3) is 66.0 Å². The zero-order chi connectivity index (χ0) is 61.1. The van der Waals surface area contributed by atoms with Gasteiger partial charge in [-0.25, -0.2) is 15.0 Å². The van der Waals surface area contributed by atoms with Crippen LogP contribution in [0.2, 0.25) is 20.1 Å². The number of carbonyl (C=O) groups excluding carboxylic acids is 3. The summed E-state index contributed by atoms with van der Waals surface area (Å²) in [5, 5.41) is 13.3. The SMILES string of the molecule is CN1CCCC1CCn1c(NC(=O)c2cc3cc(Cl)ccc3o2)nc2ccccc21.O=C(Nc1nc2cc(Cl)c(Cl)cc2n1CCN1CCCC1)c1cc2cc(Cl)ccc2o1.O=C(Nc1nc2ccccc2n1CCN1CCCC1)c1cc2ccccc2o1. The number of imidazole rings is 3. The van der Waals surface area contributed by atoms with Gasteiger partial charge in [0.1, 0.15) is 16.7 Å². The average Bonchev–Trinajstić information content (AvgIpc) is 1.82. The summed E-state index contributed by atoms with van der Waals surface area (Å²) in [6, 6.07) is 43.3. The molecule has 0 spiro atoms. The zero-order valence-electron chi connectivity index (χ0n) is 48.9. The van der Waals surface area contributed by atoms with E-state index >= 15 is 0 Å². The third-order valence-electron chi connectivity index (χ3n) is 16.9. The quantitative estimate of drug-likeness (QED) is 0.0882. The van der Waals surface area contributed by atoms with Crippen LogP contribution in [0.3, 0.4) is 0 Å². The smallest absolute Gasteiger partial charge is 0.293 e. The molecule has 89 heavy (non-hydrogen) atoms. The molecule has 6 aromatic heterocycles. The molecule has 22 heteroatoms. The topological polar surface area (TPSA) is 190 Å². The van der Waals surface area contributed by atoms with Crippen molar-refractivity contribution >= 4 is 148 Å². The van der Waals surface area contributed by atoms with Gasteiger partial charge in [-0.15, -0.1) is 0 Å². The molecule has 3 aliphatic heterocycles. The Kier molecular flexibility index (Phi) is 17.8. The molecule has 15 rings (SSSR count). The van der Waals surface area contributed by atoms with Crippen molar-refractivity contribution in [3.8, 4) is 0 Å². The number of aryl methyl sites for hydroxylation is 1. The molecule has 1 unspecified atom stereocenters. The highest BCUT2D eigenvalue weighted by Gasteiger charge is 2.25. The van der Waals surface area contributed by atoms with Crippen LogP contribution in [0.15, 0.2) is 153 Å². The highest BCUT2D eigenvalue weighted by Crippen LogP contribution is 2.33. The van der Waals surface area contributed by atoms with E-state index in [0.29, 0.717) is 78.5 Å². The molecule has 12 aromatic rings. The fraction of sp³-hybridized carbons (Fsp3) is 0.284. The van der Waals surface area contributed by atoms with Gasteiger partial charge in [0, 0.05) is 65.0 Å². The lowest BCUT2D eigenvalue weighted by Gasteiger charge is -2.20. The number of aromatic nitrogens is 6. The first kappa shape index (κ1) is 59.7. The number of nitrogens with zero attached hydrogens (tertiary/aromatic N) is 9. The summed E-state index contributed by atoms with van der Waals surface area (Å²) in [6.07, 6.45) is 8.43. The Morgan fingerprint density at radius 3 is 1.39 bits per heavy atom. The van der Waals surface area contributed by atoms with E-state index in [1.807, 2.05) is 77.4 Å². The van der Waals surface area contributed by atoms with Gasteiger partial charge in [0.05, 0.1) is 43.1 Å². The molecule has 3 N–H and O–H groups in total. The van der Waals surface area contributed by atoms with E-state index in [9.17, 15) is 14.4 Å². The number of fused-ring (bicyclic) bond motifs is 6. The summed E-state index contributed by atoms with van der Waals surface area (Å²) in [5.74, 6) is 1.25. The van der Waals surface area contributed by atoms with Gasteiger partial charge >= 0.3 is 0 Å². The fourth-order valence-electron chi connectivity index (χ4n) is 12.2.